The van der Waals surface area contributed by atoms with Crippen LogP contribution in [0.15, 0.2) is 12.5 Å². The minimum Gasteiger partial charge on any atom is -0.383 e. The first-order chi connectivity index (χ1) is 7.27. The van der Waals surface area contributed by atoms with Gasteiger partial charge < -0.3 is 15.6 Å². The van der Waals surface area contributed by atoms with Gasteiger partial charge in [0.1, 0.15) is 17.8 Å². The maximum absolute atomic E-state index is 5.85. The number of nitrogens with zero attached hydrogens (tertiary/aromatic N) is 3. The molecule has 3 rings (SSSR count). The molecule has 0 aromatic carbocycles. The lowest BCUT2D eigenvalue weighted by molar-refractivity contribution is 0.350. The number of nitrogens with two attached hydrogens (primary N) is 1. The van der Waals surface area contributed by atoms with Gasteiger partial charge >= 0.3 is 0 Å². The summed E-state index contributed by atoms with van der Waals surface area (Å²) in [6.45, 7) is 4.06. The van der Waals surface area contributed by atoms with E-state index >= 15 is 0 Å². The number of fused-ring (bicyclic) bond motifs is 1. The van der Waals surface area contributed by atoms with E-state index in [1.54, 1.807) is 0 Å². The van der Waals surface area contributed by atoms with E-state index in [0.29, 0.717) is 11.9 Å². The van der Waals surface area contributed by atoms with E-state index in [1.807, 2.05) is 6.92 Å². The molecule has 0 bridgehead atoms. The first-order valence-electron chi connectivity index (χ1n) is 5.05. The standard InChI is InChI=1S/C10H13N5/c1-6-4-15(7-2-12-3-7)10-8(6)9(11)13-5-14-10/h4-5,7,12H,2-3H2,1H3,(H2,11,13,14). The van der Waals surface area contributed by atoms with Gasteiger partial charge in [-0.1, -0.05) is 0 Å². The molecule has 0 atom stereocenters. The Kier molecular flexibility index (Phi) is 1.70. The van der Waals surface area contributed by atoms with Crippen molar-refractivity contribution in [3.63, 3.8) is 0 Å². The largest absolute Gasteiger partial charge is 0.383 e. The number of aromatic nitrogens is 3. The number of aryl methyl sites for hydroxylation is 1. The Hall–Kier alpha value is -1.62. The molecule has 0 aliphatic carbocycles. The lowest BCUT2D eigenvalue weighted by Crippen LogP contribution is -2.43. The predicted octanol–water partition coefficient (Wildman–Crippen LogP) is 0.466. The van der Waals surface area contributed by atoms with Crippen molar-refractivity contribution in [1.29, 1.82) is 0 Å². The molecule has 0 radical (unpaired) electrons. The molecule has 0 unspecified atom stereocenters. The molecular formula is C10H13N5. The molecule has 1 saturated heterocycles. The summed E-state index contributed by atoms with van der Waals surface area (Å²) in [6, 6.07) is 0.510. The summed E-state index contributed by atoms with van der Waals surface area (Å²) >= 11 is 0. The highest BCUT2D eigenvalue weighted by molar-refractivity contribution is 5.89. The van der Waals surface area contributed by atoms with Crippen LogP contribution in [0.2, 0.25) is 0 Å². The van der Waals surface area contributed by atoms with Crippen molar-refractivity contribution in [3.05, 3.63) is 18.1 Å². The van der Waals surface area contributed by atoms with Crippen LogP contribution in [-0.2, 0) is 0 Å². The third-order valence-corrected chi connectivity index (χ3v) is 2.98. The van der Waals surface area contributed by atoms with Crippen LogP contribution in [0.3, 0.4) is 0 Å². The predicted molar refractivity (Wildman–Crippen MR) is 58.6 cm³/mol. The fourth-order valence-electron chi connectivity index (χ4n) is 2.05. The molecular weight excluding hydrogens is 190 g/mol. The van der Waals surface area contributed by atoms with Gasteiger partial charge in [-0.2, -0.15) is 0 Å². The van der Waals surface area contributed by atoms with Crippen molar-refractivity contribution in [2.75, 3.05) is 18.8 Å². The summed E-state index contributed by atoms with van der Waals surface area (Å²) in [7, 11) is 0. The second-order valence-corrected chi connectivity index (χ2v) is 3.99. The van der Waals surface area contributed by atoms with Crippen LogP contribution < -0.4 is 11.1 Å². The highest BCUT2D eigenvalue weighted by Gasteiger charge is 2.22. The van der Waals surface area contributed by atoms with Crippen molar-refractivity contribution >= 4 is 16.9 Å². The zero-order valence-corrected chi connectivity index (χ0v) is 8.57. The van der Waals surface area contributed by atoms with Gasteiger partial charge in [0.25, 0.3) is 0 Å². The number of hydrogen-bond donors (Lipinski definition) is 2. The van der Waals surface area contributed by atoms with E-state index in [4.69, 9.17) is 5.73 Å². The third kappa shape index (κ3) is 1.13. The van der Waals surface area contributed by atoms with Crippen LogP contribution in [0, 0.1) is 6.92 Å². The van der Waals surface area contributed by atoms with Crippen LogP contribution in [-0.4, -0.2) is 27.6 Å². The zero-order valence-electron chi connectivity index (χ0n) is 8.57. The molecule has 2 aromatic heterocycles. The molecule has 1 fully saturated rings. The lowest BCUT2D eigenvalue weighted by Gasteiger charge is -2.28. The second-order valence-electron chi connectivity index (χ2n) is 3.99. The minimum atomic E-state index is 0.510. The van der Waals surface area contributed by atoms with Crippen molar-refractivity contribution < 1.29 is 0 Å². The number of hydrogen-bond acceptors (Lipinski definition) is 4. The molecule has 15 heavy (non-hydrogen) atoms. The summed E-state index contributed by atoms with van der Waals surface area (Å²) in [5.74, 6) is 0.573. The molecule has 1 aliphatic rings. The van der Waals surface area contributed by atoms with Crippen molar-refractivity contribution in [2.24, 2.45) is 0 Å². The molecule has 3 heterocycles. The van der Waals surface area contributed by atoms with Gasteiger partial charge in [0, 0.05) is 19.3 Å². The minimum absolute atomic E-state index is 0.510. The quantitative estimate of drug-likeness (QED) is 0.706. The molecule has 1 aliphatic heterocycles. The van der Waals surface area contributed by atoms with E-state index in [2.05, 4.69) is 26.0 Å². The van der Waals surface area contributed by atoms with E-state index in [1.165, 1.54) is 6.33 Å². The maximum atomic E-state index is 5.85. The zero-order chi connectivity index (χ0) is 10.4. The summed E-state index contributed by atoms with van der Waals surface area (Å²) in [5, 5.41) is 4.24. The van der Waals surface area contributed by atoms with E-state index in [9.17, 15) is 0 Å². The summed E-state index contributed by atoms with van der Waals surface area (Å²) in [5.41, 5.74) is 7.95. The summed E-state index contributed by atoms with van der Waals surface area (Å²) in [6.07, 6.45) is 3.64. The Morgan fingerprint density at radius 3 is 2.93 bits per heavy atom. The number of nitrogen functional groups attached to an aromatic ring is 1. The smallest absolute Gasteiger partial charge is 0.146 e. The fourth-order valence-corrected chi connectivity index (χ4v) is 2.05. The Labute approximate surface area is 87.3 Å². The topological polar surface area (TPSA) is 68.8 Å². The Bertz CT molecular complexity index is 512. The molecule has 2 aromatic rings. The fraction of sp³-hybridized carbons (Fsp3) is 0.400. The van der Waals surface area contributed by atoms with Gasteiger partial charge in [0.2, 0.25) is 0 Å². The van der Waals surface area contributed by atoms with Gasteiger partial charge in [-0.05, 0) is 12.5 Å². The molecule has 0 amide bonds. The average Bonchev–Trinajstić information content (AvgIpc) is 2.43. The van der Waals surface area contributed by atoms with E-state index in [0.717, 1.165) is 29.7 Å². The molecule has 0 saturated carbocycles. The first kappa shape index (κ1) is 8.67. The Balaban J connectivity index is 2.27. The van der Waals surface area contributed by atoms with Crippen LogP contribution in [0.4, 0.5) is 5.82 Å². The normalized spacial score (nSPS) is 16.9. The van der Waals surface area contributed by atoms with Gasteiger partial charge in [0.15, 0.2) is 0 Å². The summed E-state index contributed by atoms with van der Waals surface area (Å²) < 4.78 is 2.19. The number of nitrogens with one attached hydrogen (secondary N) is 1. The van der Waals surface area contributed by atoms with E-state index < -0.39 is 0 Å². The van der Waals surface area contributed by atoms with Crippen molar-refractivity contribution in [3.8, 4) is 0 Å². The molecule has 5 nitrogen and oxygen atoms in total. The van der Waals surface area contributed by atoms with Crippen LogP contribution in [0.1, 0.15) is 11.6 Å². The van der Waals surface area contributed by atoms with Crippen LogP contribution >= 0.6 is 0 Å². The van der Waals surface area contributed by atoms with E-state index in [-0.39, 0.29) is 0 Å². The van der Waals surface area contributed by atoms with Crippen molar-refractivity contribution in [1.82, 2.24) is 19.9 Å². The highest BCUT2D eigenvalue weighted by atomic mass is 15.2. The molecule has 78 valence electrons. The van der Waals surface area contributed by atoms with Crippen LogP contribution in [0.5, 0.6) is 0 Å². The first-order valence-corrected chi connectivity index (χ1v) is 5.05. The SMILES string of the molecule is Cc1cn(C2CNC2)c2ncnc(N)c12. The maximum Gasteiger partial charge on any atom is 0.146 e. The third-order valence-electron chi connectivity index (χ3n) is 2.98. The monoisotopic (exact) mass is 203 g/mol. The highest BCUT2D eigenvalue weighted by Crippen LogP contribution is 2.26. The van der Waals surface area contributed by atoms with Gasteiger partial charge in [-0.15, -0.1) is 0 Å². The van der Waals surface area contributed by atoms with Gasteiger partial charge in [-0.3, -0.25) is 0 Å². The molecule has 3 N–H and O–H groups in total. The number of anilines is 1. The average molecular weight is 203 g/mol. The Morgan fingerprint density at radius 1 is 1.47 bits per heavy atom. The second kappa shape index (κ2) is 2.93. The summed E-state index contributed by atoms with van der Waals surface area (Å²) in [4.78, 5) is 8.33. The van der Waals surface area contributed by atoms with Gasteiger partial charge in [-0.25, -0.2) is 9.97 Å². The number of rotatable bonds is 1. The molecule has 0 spiro atoms. The Morgan fingerprint density at radius 2 is 2.27 bits per heavy atom. The lowest BCUT2D eigenvalue weighted by atomic mass is 10.2. The van der Waals surface area contributed by atoms with Gasteiger partial charge in [0.05, 0.1) is 11.4 Å². The van der Waals surface area contributed by atoms with Crippen LogP contribution in [0.25, 0.3) is 11.0 Å². The molecule has 5 heteroatoms. The van der Waals surface area contributed by atoms with Crippen molar-refractivity contribution in [2.45, 2.75) is 13.0 Å².